The topological polar surface area (TPSA) is 59.6 Å². The summed E-state index contributed by atoms with van der Waals surface area (Å²) in [6, 6.07) is -0.0636. The molecule has 4 rings (SSSR count). The van der Waals surface area contributed by atoms with Crippen molar-refractivity contribution < 1.29 is 14.3 Å². The van der Waals surface area contributed by atoms with Gasteiger partial charge in [0.1, 0.15) is 0 Å². The Morgan fingerprint density at radius 3 is 2.00 bits per heavy atom. The van der Waals surface area contributed by atoms with Crippen LogP contribution in [0.2, 0.25) is 0 Å². The van der Waals surface area contributed by atoms with Gasteiger partial charge in [0.2, 0.25) is 0 Å². The normalized spacial score (nSPS) is 35.9. The van der Waals surface area contributed by atoms with Crippen molar-refractivity contribution in [3.63, 3.8) is 0 Å². The summed E-state index contributed by atoms with van der Waals surface area (Å²) in [5.74, 6) is 2.52. The van der Waals surface area contributed by atoms with E-state index in [0.29, 0.717) is 19.8 Å². The van der Waals surface area contributed by atoms with Gasteiger partial charge < -0.3 is 20.1 Å². The van der Waals surface area contributed by atoms with Crippen LogP contribution in [-0.2, 0) is 9.47 Å². The molecule has 5 heteroatoms. The number of amides is 2. The highest BCUT2D eigenvalue weighted by Gasteiger charge is 2.51. The van der Waals surface area contributed by atoms with Crippen molar-refractivity contribution >= 4 is 6.03 Å². The SMILES string of the molecule is CCOC(CNC(=O)NC12CC3CC(CC(C3)C1)C2)OCC. The second-order valence-corrected chi connectivity index (χ2v) is 7.37. The lowest BCUT2D eigenvalue weighted by molar-refractivity contribution is -0.131. The van der Waals surface area contributed by atoms with E-state index in [-0.39, 0.29) is 17.9 Å². The van der Waals surface area contributed by atoms with Gasteiger partial charge >= 0.3 is 6.03 Å². The summed E-state index contributed by atoms with van der Waals surface area (Å²) in [6.45, 7) is 5.44. The van der Waals surface area contributed by atoms with Crippen molar-refractivity contribution in [1.82, 2.24) is 10.6 Å². The molecule has 0 unspecified atom stereocenters. The third-order valence-corrected chi connectivity index (χ3v) is 5.55. The van der Waals surface area contributed by atoms with Gasteiger partial charge in [-0.25, -0.2) is 4.79 Å². The van der Waals surface area contributed by atoms with Gasteiger partial charge in [-0.3, -0.25) is 0 Å². The van der Waals surface area contributed by atoms with Crippen molar-refractivity contribution in [2.24, 2.45) is 17.8 Å². The molecule has 4 bridgehead atoms. The molecule has 0 aromatic carbocycles. The van der Waals surface area contributed by atoms with E-state index in [1.54, 1.807) is 0 Å². The molecule has 126 valence electrons. The highest BCUT2D eigenvalue weighted by Crippen LogP contribution is 2.55. The molecule has 4 saturated carbocycles. The number of nitrogens with one attached hydrogen (secondary N) is 2. The second kappa shape index (κ2) is 6.75. The van der Waals surface area contributed by atoms with Gasteiger partial charge in [0.05, 0.1) is 6.54 Å². The zero-order valence-corrected chi connectivity index (χ0v) is 13.9. The number of hydrogen-bond acceptors (Lipinski definition) is 3. The Balaban J connectivity index is 1.49. The fourth-order valence-electron chi connectivity index (χ4n) is 5.26. The number of carbonyl (C=O) groups is 1. The largest absolute Gasteiger partial charge is 0.351 e. The fourth-order valence-corrected chi connectivity index (χ4v) is 5.26. The molecule has 0 aromatic rings. The summed E-state index contributed by atoms with van der Waals surface area (Å²) < 4.78 is 10.9. The van der Waals surface area contributed by atoms with Crippen LogP contribution in [0.15, 0.2) is 0 Å². The Labute approximate surface area is 133 Å². The van der Waals surface area contributed by atoms with Crippen LogP contribution in [0, 0.1) is 17.8 Å². The Hall–Kier alpha value is -0.810. The minimum atomic E-state index is -0.350. The second-order valence-electron chi connectivity index (χ2n) is 7.37. The van der Waals surface area contributed by atoms with Crippen LogP contribution < -0.4 is 10.6 Å². The summed E-state index contributed by atoms with van der Waals surface area (Å²) in [5.41, 5.74) is 0.0611. The molecule has 0 saturated heterocycles. The summed E-state index contributed by atoms with van der Waals surface area (Å²) >= 11 is 0. The first-order valence-corrected chi connectivity index (χ1v) is 8.91. The molecule has 0 heterocycles. The van der Waals surface area contributed by atoms with E-state index < -0.39 is 0 Å². The van der Waals surface area contributed by atoms with Gasteiger partial charge in [-0.15, -0.1) is 0 Å². The van der Waals surface area contributed by atoms with E-state index in [1.165, 1.54) is 38.5 Å². The van der Waals surface area contributed by atoms with E-state index in [1.807, 2.05) is 13.8 Å². The maximum Gasteiger partial charge on any atom is 0.315 e. The number of carbonyl (C=O) groups excluding carboxylic acids is 1. The van der Waals surface area contributed by atoms with Gasteiger partial charge in [0, 0.05) is 18.8 Å². The molecule has 4 fully saturated rings. The van der Waals surface area contributed by atoms with Gasteiger partial charge in [-0.2, -0.15) is 0 Å². The maximum absolute atomic E-state index is 12.3. The molecule has 0 spiro atoms. The highest BCUT2D eigenvalue weighted by molar-refractivity contribution is 5.74. The van der Waals surface area contributed by atoms with Gasteiger partial charge in [-0.1, -0.05) is 0 Å². The first-order valence-electron chi connectivity index (χ1n) is 8.91. The minimum absolute atomic E-state index is 0.0611. The van der Waals surface area contributed by atoms with Crippen LogP contribution in [0.1, 0.15) is 52.4 Å². The Bertz CT molecular complexity index is 358. The van der Waals surface area contributed by atoms with E-state index in [2.05, 4.69) is 10.6 Å². The summed E-state index contributed by atoms with van der Waals surface area (Å²) in [5, 5.41) is 6.23. The van der Waals surface area contributed by atoms with Crippen molar-refractivity contribution in [1.29, 1.82) is 0 Å². The molecular formula is C17H30N2O3. The van der Waals surface area contributed by atoms with Crippen LogP contribution in [0.4, 0.5) is 4.79 Å². The summed E-state index contributed by atoms with van der Waals surface area (Å²) in [6.07, 6.45) is 7.33. The Morgan fingerprint density at radius 1 is 1.05 bits per heavy atom. The van der Waals surface area contributed by atoms with Crippen LogP contribution in [0.25, 0.3) is 0 Å². The molecule has 2 N–H and O–H groups in total. The van der Waals surface area contributed by atoms with Crippen molar-refractivity contribution in [2.75, 3.05) is 19.8 Å². The minimum Gasteiger partial charge on any atom is -0.351 e. The molecule has 5 nitrogen and oxygen atoms in total. The first kappa shape index (κ1) is 16.1. The molecule has 0 radical (unpaired) electrons. The molecule has 0 atom stereocenters. The molecule has 22 heavy (non-hydrogen) atoms. The summed E-state index contributed by atoms with van der Waals surface area (Å²) in [7, 11) is 0. The zero-order chi connectivity index (χ0) is 15.6. The van der Waals surface area contributed by atoms with Gasteiger partial charge in [0.15, 0.2) is 6.29 Å². The lowest BCUT2D eigenvalue weighted by Crippen LogP contribution is -2.61. The van der Waals surface area contributed by atoms with Crippen molar-refractivity contribution in [3.05, 3.63) is 0 Å². The zero-order valence-electron chi connectivity index (χ0n) is 13.9. The Morgan fingerprint density at radius 2 is 1.55 bits per heavy atom. The van der Waals surface area contributed by atoms with Crippen LogP contribution in [0.5, 0.6) is 0 Å². The third kappa shape index (κ3) is 3.57. The van der Waals surface area contributed by atoms with Gasteiger partial charge in [-0.05, 0) is 70.1 Å². The van der Waals surface area contributed by atoms with Gasteiger partial charge in [0.25, 0.3) is 0 Å². The quantitative estimate of drug-likeness (QED) is 0.711. The number of ether oxygens (including phenoxy) is 2. The molecule has 4 aliphatic carbocycles. The smallest absolute Gasteiger partial charge is 0.315 e. The van der Waals surface area contributed by atoms with E-state index in [4.69, 9.17) is 9.47 Å². The van der Waals surface area contributed by atoms with Crippen LogP contribution >= 0.6 is 0 Å². The predicted octanol–water partition coefficient (Wildman–Crippen LogP) is 2.65. The number of urea groups is 1. The molecule has 4 aliphatic rings. The average molecular weight is 310 g/mol. The monoisotopic (exact) mass is 310 g/mol. The third-order valence-electron chi connectivity index (χ3n) is 5.55. The predicted molar refractivity (Wildman–Crippen MR) is 84.5 cm³/mol. The highest BCUT2D eigenvalue weighted by atomic mass is 16.7. The first-order chi connectivity index (χ1) is 10.6. The number of hydrogen-bond donors (Lipinski definition) is 2. The van der Waals surface area contributed by atoms with E-state index >= 15 is 0 Å². The van der Waals surface area contributed by atoms with Crippen molar-refractivity contribution in [3.8, 4) is 0 Å². The molecular weight excluding hydrogens is 280 g/mol. The molecule has 0 aromatic heterocycles. The van der Waals surface area contributed by atoms with E-state index in [9.17, 15) is 4.79 Å². The number of rotatable bonds is 7. The lowest BCUT2D eigenvalue weighted by Gasteiger charge is -2.56. The standard InChI is InChI=1S/C17H30N2O3/c1-3-21-15(22-4-2)11-18-16(20)19-17-8-12-5-13(9-17)7-14(6-12)10-17/h12-15H,3-11H2,1-2H3,(H2,18,19,20). The molecule has 2 amide bonds. The Kier molecular flexibility index (Phi) is 4.93. The fraction of sp³-hybridized carbons (Fsp3) is 0.941. The lowest BCUT2D eigenvalue weighted by atomic mass is 9.53. The molecule has 0 aliphatic heterocycles. The van der Waals surface area contributed by atoms with Crippen molar-refractivity contribution in [2.45, 2.75) is 64.2 Å². The van der Waals surface area contributed by atoms with Crippen LogP contribution in [-0.4, -0.2) is 37.6 Å². The van der Waals surface area contributed by atoms with E-state index in [0.717, 1.165) is 17.8 Å². The summed E-state index contributed by atoms with van der Waals surface area (Å²) in [4.78, 5) is 12.3. The van der Waals surface area contributed by atoms with Crippen LogP contribution in [0.3, 0.4) is 0 Å². The average Bonchev–Trinajstić information content (AvgIpc) is 2.43. The maximum atomic E-state index is 12.3.